The Morgan fingerprint density at radius 2 is 2.14 bits per heavy atom. The average Bonchev–Trinajstić information content (AvgIpc) is 3.20. The summed E-state index contributed by atoms with van der Waals surface area (Å²) in [6.45, 7) is 0.528. The Bertz CT molecular complexity index is 1330. The van der Waals surface area contributed by atoms with E-state index in [1.807, 2.05) is 12.1 Å². The highest BCUT2D eigenvalue weighted by Crippen LogP contribution is 2.34. The maximum Gasteiger partial charge on any atom is 0.256 e. The van der Waals surface area contributed by atoms with Crippen LogP contribution >= 0.6 is 11.3 Å². The predicted octanol–water partition coefficient (Wildman–Crippen LogP) is 3.62. The topological polar surface area (TPSA) is 75.3 Å². The molecule has 1 N–H and O–H groups in total. The van der Waals surface area contributed by atoms with Gasteiger partial charge in [0.15, 0.2) is 0 Å². The number of pyridine rings is 1. The minimum Gasteiger partial charge on any atom is -0.373 e. The maximum absolute atomic E-state index is 13.7. The van der Waals surface area contributed by atoms with Crippen molar-refractivity contribution in [2.45, 2.75) is 12.6 Å². The van der Waals surface area contributed by atoms with E-state index in [9.17, 15) is 14.0 Å². The molecule has 5 rings (SSSR count). The number of likely N-dealkylation sites (N-methyl/N-ethyl adjacent to an activating group) is 1. The number of hydrogen-bond acceptors (Lipinski definition) is 5. The van der Waals surface area contributed by atoms with Gasteiger partial charge >= 0.3 is 0 Å². The van der Waals surface area contributed by atoms with E-state index in [4.69, 9.17) is 4.74 Å². The van der Waals surface area contributed by atoms with E-state index in [0.717, 1.165) is 15.8 Å². The summed E-state index contributed by atoms with van der Waals surface area (Å²) in [5.41, 5.74) is 4.19. The molecular formula is C21H16FN3O3S. The summed E-state index contributed by atoms with van der Waals surface area (Å²) < 4.78 is 20.3. The van der Waals surface area contributed by atoms with Crippen molar-refractivity contribution in [3.63, 3.8) is 0 Å². The first-order valence-corrected chi connectivity index (χ1v) is 9.93. The molecule has 2 aromatic carbocycles. The van der Waals surface area contributed by atoms with E-state index >= 15 is 0 Å². The van der Waals surface area contributed by atoms with Crippen LogP contribution in [0.1, 0.15) is 27.7 Å². The number of nitrogens with one attached hydrogen (secondary N) is 1. The molecule has 0 saturated carbocycles. The van der Waals surface area contributed by atoms with Crippen LogP contribution in [0.25, 0.3) is 21.0 Å². The highest BCUT2D eigenvalue weighted by molar-refractivity contribution is 7.16. The van der Waals surface area contributed by atoms with Gasteiger partial charge in [0.05, 0.1) is 40.4 Å². The number of hydrogen-bond donors (Lipinski definition) is 1. The first-order chi connectivity index (χ1) is 14.0. The van der Waals surface area contributed by atoms with Crippen molar-refractivity contribution >= 4 is 38.2 Å². The van der Waals surface area contributed by atoms with E-state index in [2.05, 4.69) is 9.97 Å². The maximum atomic E-state index is 13.7. The van der Waals surface area contributed by atoms with Crippen LogP contribution in [0, 0.1) is 5.82 Å². The Morgan fingerprint density at radius 1 is 1.28 bits per heavy atom. The normalized spacial score (nSPS) is 16.1. The van der Waals surface area contributed by atoms with E-state index in [0.29, 0.717) is 16.6 Å². The third-order valence-corrected chi connectivity index (χ3v) is 6.12. The molecule has 1 amide bonds. The molecule has 0 bridgehead atoms. The van der Waals surface area contributed by atoms with Gasteiger partial charge in [-0.25, -0.2) is 9.37 Å². The summed E-state index contributed by atoms with van der Waals surface area (Å²) in [6.07, 6.45) is 0. The summed E-state index contributed by atoms with van der Waals surface area (Å²) in [7, 11) is 1.71. The second kappa shape index (κ2) is 6.75. The van der Waals surface area contributed by atoms with Crippen molar-refractivity contribution in [1.82, 2.24) is 14.9 Å². The second-order valence-corrected chi connectivity index (χ2v) is 7.90. The Hall–Kier alpha value is -3.10. The Labute approximate surface area is 168 Å². The third kappa shape index (κ3) is 2.92. The zero-order chi connectivity index (χ0) is 20.1. The van der Waals surface area contributed by atoms with Crippen LogP contribution in [0.4, 0.5) is 4.39 Å². The van der Waals surface area contributed by atoms with Crippen molar-refractivity contribution in [1.29, 1.82) is 0 Å². The van der Waals surface area contributed by atoms with Crippen LogP contribution in [-0.4, -0.2) is 34.4 Å². The Morgan fingerprint density at radius 3 is 3.00 bits per heavy atom. The number of carbonyl (C=O) groups excluding carboxylic acids is 1. The Kier molecular flexibility index (Phi) is 4.18. The molecule has 8 heteroatoms. The molecule has 0 aliphatic carbocycles. The van der Waals surface area contributed by atoms with Gasteiger partial charge in [0.1, 0.15) is 5.82 Å². The number of aromatic nitrogens is 2. The van der Waals surface area contributed by atoms with Crippen LogP contribution in [0.15, 0.2) is 46.7 Å². The first kappa shape index (κ1) is 18.0. The van der Waals surface area contributed by atoms with Gasteiger partial charge in [0.2, 0.25) is 0 Å². The number of rotatable bonds is 2. The zero-order valence-electron chi connectivity index (χ0n) is 15.4. The number of H-pyrrole nitrogens is 1. The Balaban J connectivity index is 1.60. The molecule has 29 heavy (non-hydrogen) atoms. The number of carbonyl (C=O) groups is 1. The largest absolute Gasteiger partial charge is 0.373 e. The number of thiazole rings is 1. The van der Waals surface area contributed by atoms with Crippen molar-refractivity contribution in [3.8, 4) is 0 Å². The van der Waals surface area contributed by atoms with Crippen LogP contribution in [-0.2, 0) is 11.3 Å². The highest BCUT2D eigenvalue weighted by atomic mass is 32.1. The number of fused-ring (bicyclic) bond motifs is 4. The summed E-state index contributed by atoms with van der Waals surface area (Å²) in [5, 5.41) is 0.901. The van der Waals surface area contributed by atoms with Gasteiger partial charge < -0.3 is 14.6 Å². The molecule has 1 aliphatic rings. The number of benzene rings is 2. The van der Waals surface area contributed by atoms with Gasteiger partial charge in [0.25, 0.3) is 11.5 Å². The molecule has 0 fully saturated rings. The summed E-state index contributed by atoms with van der Waals surface area (Å²) in [5.74, 6) is -0.642. The van der Waals surface area contributed by atoms with Gasteiger partial charge in [-0.05, 0) is 35.7 Å². The van der Waals surface area contributed by atoms with Gasteiger partial charge in [0, 0.05) is 23.9 Å². The molecule has 0 unspecified atom stereocenters. The molecule has 3 heterocycles. The lowest BCUT2D eigenvalue weighted by Crippen LogP contribution is -2.37. The van der Waals surface area contributed by atoms with E-state index in [-0.39, 0.29) is 30.1 Å². The van der Waals surface area contributed by atoms with E-state index in [1.54, 1.807) is 29.6 Å². The van der Waals surface area contributed by atoms with Crippen molar-refractivity contribution < 1.29 is 13.9 Å². The van der Waals surface area contributed by atoms with Crippen molar-refractivity contribution in [3.05, 3.63) is 74.9 Å². The smallest absolute Gasteiger partial charge is 0.256 e. The number of halogens is 1. The monoisotopic (exact) mass is 409 g/mol. The summed E-state index contributed by atoms with van der Waals surface area (Å²) >= 11 is 1.48. The first-order valence-electron chi connectivity index (χ1n) is 9.05. The van der Waals surface area contributed by atoms with Crippen LogP contribution in [0.5, 0.6) is 0 Å². The minimum atomic E-state index is -0.478. The summed E-state index contributed by atoms with van der Waals surface area (Å²) in [4.78, 5) is 34.2. The van der Waals surface area contributed by atoms with Crippen LogP contribution in [0.2, 0.25) is 0 Å². The van der Waals surface area contributed by atoms with Crippen LogP contribution < -0.4 is 5.56 Å². The molecule has 0 saturated heterocycles. The van der Waals surface area contributed by atoms with Gasteiger partial charge in [-0.15, -0.1) is 11.3 Å². The SMILES string of the molecule is CN(C(=O)c1ccc2ncsc2c1)[C@H]1COCc2[nH]c(=O)c3cc(F)ccc3c21. The van der Waals surface area contributed by atoms with Crippen molar-refractivity contribution in [2.24, 2.45) is 0 Å². The molecule has 1 aliphatic heterocycles. The fraction of sp³-hybridized carbons (Fsp3) is 0.190. The number of ether oxygens (including phenoxy) is 1. The molecule has 0 radical (unpaired) electrons. The van der Waals surface area contributed by atoms with E-state index < -0.39 is 11.9 Å². The number of amides is 1. The quantitative estimate of drug-likeness (QED) is 0.549. The van der Waals surface area contributed by atoms with E-state index in [1.165, 1.54) is 23.5 Å². The fourth-order valence-corrected chi connectivity index (χ4v) is 4.58. The number of aromatic amines is 1. The lowest BCUT2D eigenvalue weighted by atomic mass is 9.95. The molecule has 146 valence electrons. The molecule has 4 aromatic rings. The lowest BCUT2D eigenvalue weighted by Gasteiger charge is -2.33. The predicted molar refractivity (Wildman–Crippen MR) is 109 cm³/mol. The number of nitrogens with zero attached hydrogens (tertiary/aromatic N) is 2. The highest BCUT2D eigenvalue weighted by Gasteiger charge is 2.31. The second-order valence-electron chi connectivity index (χ2n) is 7.02. The molecule has 6 nitrogen and oxygen atoms in total. The van der Waals surface area contributed by atoms with Gasteiger partial charge in [-0.2, -0.15) is 0 Å². The van der Waals surface area contributed by atoms with Crippen LogP contribution in [0.3, 0.4) is 0 Å². The molecule has 1 atom stereocenters. The molecule has 0 spiro atoms. The van der Waals surface area contributed by atoms with Gasteiger partial charge in [-0.1, -0.05) is 6.07 Å². The fourth-order valence-electron chi connectivity index (χ4n) is 3.86. The zero-order valence-corrected chi connectivity index (χ0v) is 16.3. The minimum absolute atomic E-state index is 0.164. The van der Waals surface area contributed by atoms with Crippen molar-refractivity contribution in [2.75, 3.05) is 13.7 Å². The lowest BCUT2D eigenvalue weighted by molar-refractivity contribution is 0.0336. The molecular weight excluding hydrogens is 393 g/mol. The summed E-state index contributed by atoms with van der Waals surface area (Å²) in [6, 6.07) is 9.15. The van der Waals surface area contributed by atoms with Gasteiger partial charge in [-0.3, -0.25) is 9.59 Å². The average molecular weight is 409 g/mol. The third-order valence-electron chi connectivity index (χ3n) is 5.33. The molecule has 2 aromatic heterocycles. The standard InChI is InChI=1S/C21H16FN3O3S/c1-25(21(27)11-2-5-15-18(6-11)29-10-23-15)17-9-28-8-16-19(17)13-4-3-12(22)7-14(13)20(26)24-16/h2-7,10,17H,8-9H2,1H3,(H,24,26)/t17-/m0/s1.